The van der Waals surface area contributed by atoms with E-state index >= 15 is 0 Å². The van der Waals surface area contributed by atoms with Crippen molar-refractivity contribution in [1.29, 1.82) is 0 Å². The zero-order valence-corrected chi connectivity index (χ0v) is 22.0. The van der Waals surface area contributed by atoms with Crippen LogP contribution in [0.1, 0.15) is 0 Å². The lowest BCUT2D eigenvalue weighted by molar-refractivity contribution is -0.145. The van der Waals surface area contributed by atoms with Crippen LogP contribution in [0.25, 0.3) is 0 Å². The molecular formula is C22H32BN5O13. The van der Waals surface area contributed by atoms with Crippen LogP contribution in [-0.2, 0) is 28.8 Å². The summed E-state index contributed by atoms with van der Waals surface area (Å²) >= 11 is 0. The Balaban J connectivity index is 0.000000255. The average molecular weight is 585 g/mol. The molecule has 0 aromatic rings. The third-order valence-corrected chi connectivity index (χ3v) is 5.66. The molecule has 4 rings (SSSR count). The third-order valence-electron chi connectivity index (χ3n) is 5.66. The van der Waals surface area contributed by atoms with E-state index in [1.165, 1.54) is 6.08 Å². The molecule has 0 radical (unpaired) electrons. The molecule has 0 bridgehead atoms. The van der Waals surface area contributed by atoms with E-state index in [0.29, 0.717) is 17.1 Å². The van der Waals surface area contributed by atoms with Crippen molar-refractivity contribution in [2.45, 2.75) is 0 Å². The monoisotopic (exact) mass is 585 g/mol. The summed E-state index contributed by atoms with van der Waals surface area (Å²) in [5.74, 6) is -4.86. The summed E-state index contributed by atoms with van der Waals surface area (Å²) < 4.78 is 0. The van der Waals surface area contributed by atoms with E-state index in [2.05, 4.69) is 0 Å². The molecule has 3 fully saturated rings. The van der Waals surface area contributed by atoms with Gasteiger partial charge in [-0.2, -0.15) is 0 Å². The topological polar surface area (TPSA) is 260 Å². The molecule has 0 aromatic carbocycles. The molecule has 0 saturated carbocycles. The first-order chi connectivity index (χ1) is 19.2. The van der Waals surface area contributed by atoms with Gasteiger partial charge in [0.15, 0.2) is 0 Å². The number of rotatable bonds is 14. The highest BCUT2D eigenvalue weighted by Crippen LogP contribution is 2.33. The summed E-state index contributed by atoms with van der Waals surface area (Å²) in [6.45, 7) is 3.16. The number of carbonyl (C=O) groups is 6. The van der Waals surface area contributed by atoms with Crippen LogP contribution in [0.4, 0.5) is 0 Å². The van der Waals surface area contributed by atoms with Crippen molar-refractivity contribution in [3.05, 3.63) is 23.2 Å². The molecule has 3 heterocycles. The van der Waals surface area contributed by atoms with Gasteiger partial charge in [0.1, 0.15) is 11.4 Å². The van der Waals surface area contributed by atoms with Crippen LogP contribution in [0.3, 0.4) is 0 Å². The van der Waals surface area contributed by atoms with Gasteiger partial charge in [0.2, 0.25) is 11.6 Å². The fourth-order valence-corrected chi connectivity index (χ4v) is 3.75. The lowest BCUT2D eigenvalue weighted by atomic mass is 10.0. The Bertz CT molecular complexity index is 1030. The minimum atomic E-state index is -2.17. The van der Waals surface area contributed by atoms with Gasteiger partial charge >= 0.3 is 31.2 Å². The molecule has 4 aliphatic rings. The van der Waals surface area contributed by atoms with Gasteiger partial charge in [-0.25, -0.2) is 0 Å². The van der Waals surface area contributed by atoms with Crippen LogP contribution < -0.4 is 0 Å². The number of carboxylic acid groups (broad SMARTS) is 4. The molecule has 7 N–H and O–H groups in total. The van der Waals surface area contributed by atoms with Crippen molar-refractivity contribution >= 4 is 42.8 Å². The Hall–Kier alpha value is -4.04. The minimum absolute atomic E-state index is 0.00546. The molecule has 0 atom stereocenters. The normalized spacial score (nSPS) is 16.9. The van der Waals surface area contributed by atoms with E-state index in [9.17, 15) is 28.8 Å². The van der Waals surface area contributed by atoms with Crippen molar-refractivity contribution in [2.24, 2.45) is 0 Å². The Labute approximate surface area is 233 Å². The molecule has 226 valence electrons. The number of Topliss-reactive ketones (excluding diaryl/α,β-unsaturated/α-hetero) is 1. The number of hydrogen-bond donors (Lipinski definition) is 7. The van der Waals surface area contributed by atoms with Crippen LogP contribution in [0, 0.1) is 0 Å². The van der Waals surface area contributed by atoms with Gasteiger partial charge in [-0.1, -0.05) is 0 Å². The van der Waals surface area contributed by atoms with Gasteiger partial charge in [-0.15, -0.1) is 0 Å². The molecule has 41 heavy (non-hydrogen) atoms. The van der Waals surface area contributed by atoms with E-state index < -0.39 is 57.4 Å². The van der Waals surface area contributed by atoms with Gasteiger partial charge in [-0.3, -0.25) is 38.6 Å². The van der Waals surface area contributed by atoms with Gasteiger partial charge < -0.3 is 50.2 Å². The molecule has 0 spiro atoms. The van der Waals surface area contributed by atoms with E-state index in [1.807, 2.05) is 14.7 Å². The first-order valence-electron chi connectivity index (χ1n) is 12.4. The maximum absolute atomic E-state index is 12.4. The van der Waals surface area contributed by atoms with E-state index in [-0.39, 0.29) is 24.7 Å². The van der Waals surface area contributed by atoms with Crippen LogP contribution in [0.5, 0.6) is 0 Å². The number of nitrogens with zero attached hydrogens (tertiary/aromatic N) is 5. The fraction of sp³-hybridized carbons (Fsp3) is 0.545. The Morgan fingerprint density at radius 3 is 1.24 bits per heavy atom. The second-order valence-electron chi connectivity index (χ2n) is 9.22. The maximum Gasteiger partial charge on any atom is 0.631 e. The standard InChI is InChI=1S/C12H13N3O2.C10H16N2O8.BH3O3/c16-9-7-8(13-1-2-13)12(17)11(15-5-6-15)10(9)14-3-4-14;13-7(14)3-11(4-8(15)16)1-2-12(5-9(17)18)6-10(19)20;2-1(3)4/h7H,1-6H2;1-6H2,(H,13,14)(H,15,16)(H,17,18)(H,19,20);2-4H. The minimum Gasteiger partial charge on any atom is -0.480 e. The number of hydrogen-bond acceptors (Lipinski definition) is 14. The largest absolute Gasteiger partial charge is 0.631 e. The molecule has 19 heteroatoms. The van der Waals surface area contributed by atoms with Crippen molar-refractivity contribution in [3.63, 3.8) is 0 Å². The van der Waals surface area contributed by atoms with Gasteiger partial charge in [-0.05, 0) is 0 Å². The highest BCUT2D eigenvalue weighted by atomic mass is 16.5. The predicted molar refractivity (Wildman–Crippen MR) is 136 cm³/mol. The predicted octanol–water partition coefficient (Wildman–Crippen LogP) is -4.94. The van der Waals surface area contributed by atoms with Crippen molar-refractivity contribution in [2.75, 3.05) is 78.5 Å². The highest BCUT2D eigenvalue weighted by Gasteiger charge is 2.43. The SMILES string of the molecule is O=C(O)CN(CCN(CC(=O)O)CC(=O)O)CC(=O)O.O=C1C=C(N2CC2)C(=O)C(N2CC2)=C1N1CC1.OB(O)O. The third kappa shape index (κ3) is 12.3. The summed E-state index contributed by atoms with van der Waals surface area (Å²) in [5, 5.41) is 56.0. The molecule has 0 amide bonds. The zero-order valence-electron chi connectivity index (χ0n) is 22.0. The molecule has 3 saturated heterocycles. The van der Waals surface area contributed by atoms with E-state index in [1.54, 1.807) is 0 Å². The van der Waals surface area contributed by atoms with Crippen LogP contribution in [-0.4, -0.2) is 181 Å². The molecular weight excluding hydrogens is 553 g/mol. The van der Waals surface area contributed by atoms with E-state index in [4.69, 9.17) is 35.5 Å². The van der Waals surface area contributed by atoms with Crippen LogP contribution >= 0.6 is 0 Å². The quantitative estimate of drug-likeness (QED) is 0.0572. The maximum atomic E-state index is 12.4. The van der Waals surface area contributed by atoms with Crippen molar-refractivity contribution in [3.8, 4) is 0 Å². The van der Waals surface area contributed by atoms with Gasteiger partial charge in [0, 0.05) is 58.4 Å². The molecule has 0 aromatic heterocycles. The molecule has 0 unspecified atom stereocenters. The first-order valence-corrected chi connectivity index (χ1v) is 12.4. The number of carbonyl (C=O) groups excluding carboxylic acids is 2. The Morgan fingerprint density at radius 1 is 0.634 bits per heavy atom. The average Bonchev–Trinajstić information content (AvgIpc) is 3.64. The summed E-state index contributed by atoms with van der Waals surface area (Å²) in [7, 11) is -2.17. The molecule has 3 aliphatic heterocycles. The summed E-state index contributed by atoms with van der Waals surface area (Å²) in [6, 6.07) is 0. The van der Waals surface area contributed by atoms with E-state index in [0.717, 1.165) is 49.1 Å². The van der Waals surface area contributed by atoms with Crippen LogP contribution in [0.15, 0.2) is 23.2 Å². The summed E-state index contributed by atoms with van der Waals surface area (Å²) in [4.78, 5) is 74.8. The number of ketones is 2. The van der Waals surface area contributed by atoms with Crippen molar-refractivity contribution in [1.82, 2.24) is 24.5 Å². The first kappa shape index (κ1) is 33.2. The smallest absolute Gasteiger partial charge is 0.480 e. The van der Waals surface area contributed by atoms with Crippen LogP contribution in [0.2, 0.25) is 0 Å². The molecule has 18 nitrogen and oxygen atoms in total. The van der Waals surface area contributed by atoms with Gasteiger partial charge in [0.05, 0.1) is 31.9 Å². The van der Waals surface area contributed by atoms with Gasteiger partial charge in [0.25, 0.3) is 0 Å². The second-order valence-corrected chi connectivity index (χ2v) is 9.22. The summed E-state index contributed by atoms with van der Waals surface area (Å²) in [6.07, 6.45) is 1.52. The Kier molecular flexibility index (Phi) is 12.2. The van der Waals surface area contributed by atoms with Crippen molar-refractivity contribution < 1.29 is 64.3 Å². The zero-order chi connectivity index (χ0) is 30.9. The summed E-state index contributed by atoms with van der Waals surface area (Å²) in [5.41, 5.74) is 1.89. The number of aliphatic carboxylic acids is 4. The Morgan fingerprint density at radius 2 is 0.951 bits per heavy atom. The number of carboxylic acids is 4. The second kappa shape index (κ2) is 15.1. The fourth-order valence-electron chi connectivity index (χ4n) is 3.75. The lowest BCUT2D eigenvalue weighted by Gasteiger charge is -2.23. The number of allylic oxidation sites excluding steroid dienone is 1. The molecule has 1 aliphatic carbocycles. The highest BCUT2D eigenvalue weighted by molar-refractivity contribution is 6.30. The lowest BCUT2D eigenvalue weighted by Crippen LogP contribution is -2.43.